The van der Waals surface area contributed by atoms with Gasteiger partial charge in [-0.05, 0) is 48.0 Å². The highest BCUT2D eigenvalue weighted by molar-refractivity contribution is 6.36. The van der Waals surface area contributed by atoms with Crippen molar-refractivity contribution in [2.45, 2.75) is 0 Å². The SMILES string of the molecule is COc1nc(Oc2ccc(F)c(F)c2)c(-c2ccc(Cl)cc2)c(-c2ccc(Cl)cc2Cl)n1. The number of nitrogens with zero attached hydrogens (tertiary/aromatic N) is 2. The van der Waals surface area contributed by atoms with Crippen LogP contribution in [0.1, 0.15) is 0 Å². The van der Waals surface area contributed by atoms with Crippen LogP contribution in [0.25, 0.3) is 22.4 Å². The first-order chi connectivity index (χ1) is 15.4. The topological polar surface area (TPSA) is 44.2 Å². The molecule has 0 saturated heterocycles. The van der Waals surface area contributed by atoms with Crippen molar-refractivity contribution in [3.05, 3.63) is 87.4 Å². The molecule has 1 heterocycles. The molecule has 0 unspecified atom stereocenters. The van der Waals surface area contributed by atoms with E-state index in [0.29, 0.717) is 37.5 Å². The lowest BCUT2D eigenvalue weighted by molar-refractivity contribution is 0.367. The fraction of sp³-hybridized carbons (Fsp3) is 0.0435. The first-order valence-electron chi connectivity index (χ1n) is 9.16. The van der Waals surface area contributed by atoms with E-state index < -0.39 is 11.6 Å². The van der Waals surface area contributed by atoms with Gasteiger partial charge in [0.15, 0.2) is 11.6 Å². The average Bonchev–Trinajstić information content (AvgIpc) is 2.77. The van der Waals surface area contributed by atoms with Gasteiger partial charge in [-0.25, -0.2) is 8.78 Å². The fourth-order valence-corrected chi connectivity index (χ4v) is 3.61. The summed E-state index contributed by atoms with van der Waals surface area (Å²) in [7, 11) is 1.39. The van der Waals surface area contributed by atoms with Crippen molar-refractivity contribution in [3.63, 3.8) is 0 Å². The van der Waals surface area contributed by atoms with E-state index in [-0.39, 0.29) is 17.6 Å². The number of halogens is 5. The van der Waals surface area contributed by atoms with Crippen molar-refractivity contribution < 1.29 is 18.3 Å². The molecule has 0 aliphatic heterocycles. The maximum Gasteiger partial charge on any atom is 0.320 e. The maximum absolute atomic E-state index is 13.8. The minimum Gasteiger partial charge on any atom is -0.467 e. The molecule has 0 bridgehead atoms. The monoisotopic (exact) mass is 492 g/mol. The van der Waals surface area contributed by atoms with Crippen LogP contribution < -0.4 is 9.47 Å². The van der Waals surface area contributed by atoms with Crippen LogP contribution in [0, 0.1) is 11.6 Å². The molecule has 4 aromatic rings. The predicted molar refractivity (Wildman–Crippen MR) is 121 cm³/mol. The molecule has 32 heavy (non-hydrogen) atoms. The van der Waals surface area contributed by atoms with Crippen LogP contribution in [0.2, 0.25) is 15.1 Å². The molecule has 9 heteroatoms. The van der Waals surface area contributed by atoms with E-state index in [1.165, 1.54) is 13.2 Å². The number of methoxy groups -OCH3 is 1. The van der Waals surface area contributed by atoms with E-state index in [9.17, 15) is 8.78 Å². The molecule has 0 amide bonds. The minimum atomic E-state index is -1.06. The molecule has 0 saturated carbocycles. The maximum atomic E-state index is 13.8. The Bertz CT molecular complexity index is 1300. The van der Waals surface area contributed by atoms with Crippen molar-refractivity contribution in [1.82, 2.24) is 9.97 Å². The lowest BCUT2D eigenvalue weighted by Gasteiger charge is -2.16. The quantitative estimate of drug-likeness (QED) is 0.284. The molecule has 0 atom stereocenters. The molecule has 0 aliphatic carbocycles. The van der Waals surface area contributed by atoms with E-state index in [1.54, 1.807) is 42.5 Å². The first-order valence-corrected chi connectivity index (χ1v) is 10.3. The number of aromatic nitrogens is 2. The highest BCUT2D eigenvalue weighted by Crippen LogP contribution is 2.43. The highest BCUT2D eigenvalue weighted by atomic mass is 35.5. The Morgan fingerprint density at radius 3 is 2.16 bits per heavy atom. The van der Waals surface area contributed by atoms with Gasteiger partial charge < -0.3 is 9.47 Å². The molecule has 1 aromatic heterocycles. The Hall–Kier alpha value is -2.93. The van der Waals surface area contributed by atoms with E-state index in [0.717, 1.165) is 12.1 Å². The summed E-state index contributed by atoms with van der Waals surface area (Å²) >= 11 is 18.6. The molecule has 0 aliphatic rings. The summed E-state index contributed by atoms with van der Waals surface area (Å²) < 4.78 is 38.3. The minimum absolute atomic E-state index is 0.0127. The molecule has 4 rings (SSSR count). The van der Waals surface area contributed by atoms with Crippen molar-refractivity contribution in [2.24, 2.45) is 0 Å². The van der Waals surface area contributed by atoms with Crippen LogP contribution in [0.4, 0.5) is 8.78 Å². The van der Waals surface area contributed by atoms with Gasteiger partial charge >= 0.3 is 6.01 Å². The summed E-state index contributed by atoms with van der Waals surface area (Å²) in [6, 6.07) is 15.0. The summed E-state index contributed by atoms with van der Waals surface area (Å²) in [5.74, 6) is -1.97. The molecular formula is C23H13Cl3F2N2O2. The van der Waals surface area contributed by atoms with Gasteiger partial charge in [0.25, 0.3) is 0 Å². The Labute approximate surface area is 197 Å². The third kappa shape index (κ3) is 4.63. The summed E-state index contributed by atoms with van der Waals surface area (Å²) in [6.45, 7) is 0. The first kappa shape index (κ1) is 22.3. The van der Waals surface area contributed by atoms with Gasteiger partial charge in [-0.15, -0.1) is 0 Å². The summed E-state index contributed by atoms with van der Waals surface area (Å²) in [5.41, 5.74) is 2.02. The van der Waals surface area contributed by atoms with Gasteiger partial charge in [-0.1, -0.05) is 46.9 Å². The van der Waals surface area contributed by atoms with Gasteiger partial charge in [-0.3, -0.25) is 0 Å². The second-order valence-electron chi connectivity index (χ2n) is 6.55. The zero-order valence-corrected chi connectivity index (χ0v) is 18.6. The number of benzene rings is 3. The lowest BCUT2D eigenvalue weighted by atomic mass is 10.00. The third-order valence-corrected chi connectivity index (χ3v) is 5.26. The van der Waals surface area contributed by atoms with Gasteiger partial charge in [0.2, 0.25) is 5.88 Å². The fourth-order valence-electron chi connectivity index (χ4n) is 2.99. The summed E-state index contributed by atoms with van der Waals surface area (Å²) in [5, 5.41) is 1.32. The van der Waals surface area contributed by atoms with E-state index in [1.807, 2.05) is 0 Å². The number of hydrogen-bond donors (Lipinski definition) is 0. The smallest absolute Gasteiger partial charge is 0.320 e. The molecule has 162 valence electrons. The van der Waals surface area contributed by atoms with Crippen molar-refractivity contribution in [2.75, 3.05) is 7.11 Å². The second-order valence-corrected chi connectivity index (χ2v) is 7.83. The van der Waals surface area contributed by atoms with Gasteiger partial charge in [-0.2, -0.15) is 9.97 Å². The van der Waals surface area contributed by atoms with Crippen molar-refractivity contribution in [1.29, 1.82) is 0 Å². The van der Waals surface area contributed by atoms with E-state index in [2.05, 4.69) is 9.97 Å². The number of rotatable bonds is 5. The summed E-state index contributed by atoms with van der Waals surface area (Å²) in [4.78, 5) is 8.77. The number of ether oxygens (including phenoxy) is 2. The number of hydrogen-bond acceptors (Lipinski definition) is 4. The Balaban J connectivity index is 1.98. The van der Waals surface area contributed by atoms with Crippen LogP contribution in [-0.2, 0) is 0 Å². The van der Waals surface area contributed by atoms with Gasteiger partial charge in [0.05, 0.1) is 23.4 Å². The zero-order valence-electron chi connectivity index (χ0n) is 16.4. The largest absolute Gasteiger partial charge is 0.467 e. The van der Waals surface area contributed by atoms with Gasteiger partial charge in [0, 0.05) is 21.7 Å². The van der Waals surface area contributed by atoms with E-state index in [4.69, 9.17) is 44.3 Å². The lowest BCUT2D eigenvalue weighted by Crippen LogP contribution is -2.02. The molecule has 4 nitrogen and oxygen atoms in total. The Morgan fingerprint density at radius 1 is 0.781 bits per heavy atom. The zero-order chi connectivity index (χ0) is 22.8. The van der Waals surface area contributed by atoms with Crippen LogP contribution >= 0.6 is 34.8 Å². The Morgan fingerprint density at radius 2 is 1.50 bits per heavy atom. The molecule has 3 aromatic carbocycles. The summed E-state index contributed by atoms with van der Waals surface area (Å²) in [6.07, 6.45) is 0. The second kappa shape index (κ2) is 9.28. The van der Waals surface area contributed by atoms with Crippen LogP contribution in [0.3, 0.4) is 0 Å². The standard InChI is InChI=1S/C23H13Cl3F2N2O2/c1-31-23-29-21(16-8-6-14(25)10-17(16)26)20(12-2-4-13(24)5-3-12)22(30-23)32-15-7-9-18(27)19(28)11-15/h2-11H,1H3. The Kier molecular flexibility index (Phi) is 6.46. The molecule has 0 fully saturated rings. The molecule has 0 radical (unpaired) electrons. The molecule has 0 spiro atoms. The van der Waals surface area contributed by atoms with Gasteiger partial charge in [0.1, 0.15) is 5.75 Å². The predicted octanol–water partition coefficient (Wildman–Crippen LogP) is 7.85. The average molecular weight is 494 g/mol. The third-order valence-electron chi connectivity index (χ3n) is 4.46. The van der Waals surface area contributed by atoms with Crippen molar-refractivity contribution >= 4 is 34.8 Å². The van der Waals surface area contributed by atoms with E-state index >= 15 is 0 Å². The molecule has 0 N–H and O–H groups in total. The van der Waals surface area contributed by atoms with Crippen LogP contribution in [-0.4, -0.2) is 17.1 Å². The highest BCUT2D eigenvalue weighted by Gasteiger charge is 2.22. The van der Waals surface area contributed by atoms with Crippen LogP contribution in [0.15, 0.2) is 60.7 Å². The van der Waals surface area contributed by atoms with Crippen LogP contribution in [0.5, 0.6) is 17.6 Å². The normalized spacial score (nSPS) is 10.8. The molecular weight excluding hydrogens is 481 g/mol. The van der Waals surface area contributed by atoms with Crippen molar-refractivity contribution in [3.8, 4) is 40.0 Å².